The molecule has 0 unspecified atom stereocenters. The van der Waals surface area contributed by atoms with Crippen LogP contribution in [0.4, 0.5) is 5.95 Å². The molecule has 2 heterocycles. The largest absolute Gasteiger partial charge is 0.353 e. The lowest BCUT2D eigenvalue weighted by Gasteiger charge is -2.23. The fraction of sp³-hybridized carbons (Fsp3) is 0.562. The highest BCUT2D eigenvalue weighted by Crippen LogP contribution is 2.23. The van der Waals surface area contributed by atoms with Crippen LogP contribution in [0.5, 0.6) is 0 Å². The maximum absolute atomic E-state index is 12.5. The highest BCUT2D eigenvalue weighted by Gasteiger charge is 2.21. The molecule has 0 saturated heterocycles. The zero-order valence-corrected chi connectivity index (χ0v) is 13.7. The number of imidazole rings is 1. The van der Waals surface area contributed by atoms with E-state index in [0.717, 1.165) is 17.4 Å². The minimum atomic E-state index is -0.366. The summed E-state index contributed by atoms with van der Waals surface area (Å²) in [6.45, 7) is 4.24. The number of rotatable bonds is 4. The Morgan fingerprint density at radius 1 is 1.22 bits per heavy atom. The Balaban J connectivity index is 2.17. The molecule has 124 valence electrons. The van der Waals surface area contributed by atoms with Crippen molar-refractivity contribution in [1.29, 1.82) is 0 Å². The van der Waals surface area contributed by atoms with Crippen LogP contribution in [0.2, 0.25) is 0 Å². The van der Waals surface area contributed by atoms with Crippen LogP contribution in [0.25, 0.3) is 11.2 Å². The third kappa shape index (κ3) is 2.60. The molecule has 2 aromatic rings. The van der Waals surface area contributed by atoms with Gasteiger partial charge < -0.3 is 9.88 Å². The molecule has 0 radical (unpaired) electrons. The maximum Gasteiger partial charge on any atom is 0.332 e. The Morgan fingerprint density at radius 2 is 1.91 bits per heavy atom. The number of anilines is 1. The predicted octanol–water partition coefficient (Wildman–Crippen LogP) is 1.36. The van der Waals surface area contributed by atoms with Crippen molar-refractivity contribution in [3.8, 4) is 0 Å². The molecule has 0 amide bonds. The number of aryl methyl sites for hydroxylation is 1. The van der Waals surface area contributed by atoms with Gasteiger partial charge in [0.2, 0.25) is 5.95 Å². The topological polar surface area (TPSA) is 73.8 Å². The van der Waals surface area contributed by atoms with E-state index in [-0.39, 0.29) is 11.2 Å². The van der Waals surface area contributed by atoms with Crippen molar-refractivity contribution in [2.75, 3.05) is 5.32 Å². The molecule has 1 N–H and O–H groups in total. The van der Waals surface area contributed by atoms with Crippen molar-refractivity contribution < 1.29 is 0 Å². The molecule has 0 aliphatic heterocycles. The van der Waals surface area contributed by atoms with Gasteiger partial charge in [0.1, 0.15) is 0 Å². The number of hydrogen-bond donors (Lipinski definition) is 1. The van der Waals surface area contributed by atoms with Crippen molar-refractivity contribution in [2.45, 2.75) is 44.7 Å². The predicted molar refractivity (Wildman–Crippen MR) is 90.9 cm³/mol. The van der Waals surface area contributed by atoms with Crippen LogP contribution in [0.1, 0.15) is 32.1 Å². The molecular weight excluding hydrogens is 294 g/mol. The lowest BCUT2D eigenvalue weighted by atomic mass is 9.96. The molecule has 1 saturated carbocycles. The average Bonchev–Trinajstić information content (AvgIpc) is 2.91. The zero-order chi connectivity index (χ0) is 16.6. The van der Waals surface area contributed by atoms with Crippen molar-refractivity contribution in [1.82, 2.24) is 18.7 Å². The van der Waals surface area contributed by atoms with Gasteiger partial charge in [-0.05, 0) is 12.8 Å². The fourth-order valence-corrected chi connectivity index (χ4v) is 3.29. The Bertz CT molecular complexity index is 852. The number of nitrogens with zero attached hydrogens (tertiary/aromatic N) is 4. The molecule has 0 atom stereocenters. The number of hydrogen-bond acceptors (Lipinski definition) is 4. The van der Waals surface area contributed by atoms with Crippen molar-refractivity contribution in [3.05, 3.63) is 33.5 Å². The Labute approximate surface area is 134 Å². The van der Waals surface area contributed by atoms with Gasteiger partial charge in [-0.1, -0.05) is 25.3 Å². The number of nitrogens with one attached hydrogen (secondary N) is 1. The van der Waals surface area contributed by atoms with E-state index in [2.05, 4.69) is 16.9 Å². The molecule has 23 heavy (non-hydrogen) atoms. The van der Waals surface area contributed by atoms with Crippen LogP contribution in [0.3, 0.4) is 0 Å². The summed E-state index contributed by atoms with van der Waals surface area (Å²) in [7, 11) is 3.13. The summed E-state index contributed by atoms with van der Waals surface area (Å²) in [6.07, 6.45) is 7.63. The molecule has 1 fully saturated rings. The second-order valence-electron chi connectivity index (χ2n) is 6.19. The summed E-state index contributed by atoms with van der Waals surface area (Å²) in [4.78, 5) is 29.2. The quantitative estimate of drug-likeness (QED) is 0.864. The van der Waals surface area contributed by atoms with Crippen molar-refractivity contribution >= 4 is 17.1 Å². The van der Waals surface area contributed by atoms with E-state index in [4.69, 9.17) is 0 Å². The zero-order valence-electron chi connectivity index (χ0n) is 13.7. The molecule has 7 nitrogen and oxygen atoms in total. The van der Waals surface area contributed by atoms with Crippen LogP contribution >= 0.6 is 0 Å². The van der Waals surface area contributed by atoms with Gasteiger partial charge in [0, 0.05) is 26.7 Å². The summed E-state index contributed by atoms with van der Waals surface area (Å²) >= 11 is 0. The second-order valence-corrected chi connectivity index (χ2v) is 6.19. The van der Waals surface area contributed by atoms with Crippen LogP contribution in [0.15, 0.2) is 22.2 Å². The highest BCUT2D eigenvalue weighted by atomic mass is 16.2. The molecule has 0 spiro atoms. The van der Waals surface area contributed by atoms with Gasteiger partial charge in [-0.2, -0.15) is 4.98 Å². The molecule has 2 aromatic heterocycles. The molecular formula is C16H23N5O2. The van der Waals surface area contributed by atoms with Gasteiger partial charge in [-0.15, -0.1) is 6.58 Å². The Morgan fingerprint density at radius 3 is 2.57 bits per heavy atom. The summed E-state index contributed by atoms with van der Waals surface area (Å²) in [6, 6.07) is 0.366. The Kier molecular flexibility index (Phi) is 4.11. The van der Waals surface area contributed by atoms with Gasteiger partial charge in [-0.25, -0.2) is 4.79 Å². The minimum absolute atomic E-state index is 0.325. The van der Waals surface area contributed by atoms with E-state index in [1.165, 1.54) is 30.9 Å². The maximum atomic E-state index is 12.5. The van der Waals surface area contributed by atoms with Gasteiger partial charge >= 0.3 is 5.69 Å². The highest BCUT2D eigenvalue weighted by molar-refractivity contribution is 5.74. The van der Waals surface area contributed by atoms with E-state index in [1.807, 2.05) is 4.57 Å². The lowest BCUT2D eigenvalue weighted by Crippen LogP contribution is -2.37. The fourth-order valence-electron chi connectivity index (χ4n) is 3.29. The van der Waals surface area contributed by atoms with Crippen LogP contribution in [-0.4, -0.2) is 24.7 Å². The first kappa shape index (κ1) is 15.6. The first-order valence-electron chi connectivity index (χ1n) is 8.08. The van der Waals surface area contributed by atoms with E-state index in [9.17, 15) is 9.59 Å². The van der Waals surface area contributed by atoms with Gasteiger partial charge in [0.05, 0.1) is 0 Å². The number of fused-ring (bicyclic) bond motifs is 1. The van der Waals surface area contributed by atoms with E-state index < -0.39 is 0 Å². The van der Waals surface area contributed by atoms with Crippen molar-refractivity contribution in [2.24, 2.45) is 14.1 Å². The summed E-state index contributed by atoms with van der Waals surface area (Å²) in [5, 5.41) is 3.46. The third-order valence-corrected chi connectivity index (χ3v) is 4.60. The standard InChI is InChI=1S/C16H23N5O2/c1-4-10-21-12-13(19(2)16(23)20(3)14(12)22)18-15(21)17-11-8-6-5-7-9-11/h4,11H,1,5-10H2,2-3H3,(H,17,18). The van der Waals surface area contributed by atoms with E-state index >= 15 is 0 Å². The first-order chi connectivity index (χ1) is 11.0. The summed E-state index contributed by atoms with van der Waals surface area (Å²) in [5.41, 5.74) is 0.162. The van der Waals surface area contributed by atoms with Crippen LogP contribution < -0.4 is 16.6 Å². The summed E-state index contributed by atoms with van der Waals surface area (Å²) in [5.74, 6) is 0.644. The first-order valence-corrected chi connectivity index (χ1v) is 8.08. The number of aromatic nitrogens is 4. The van der Waals surface area contributed by atoms with Gasteiger partial charge in [-0.3, -0.25) is 13.9 Å². The third-order valence-electron chi connectivity index (χ3n) is 4.60. The van der Waals surface area contributed by atoms with E-state index in [1.54, 1.807) is 13.1 Å². The molecule has 0 aromatic carbocycles. The smallest absolute Gasteiger partial charge is 0.332 e. The number of allylic oxidation sites excluding steroid dienone is 1. The summed E-state index contributed by atoms with van der Waals surface area (Å²) < 4.78 is 4.36. The van der Waals surface area contributed by atoms with Crippen molar-refractivity contribution in [3.63, 3.8) is 0 Å². The van der Waals surface area contributed by atoms with Crippen LogP contribution in [-0.2, 0) is 20.6 Å². The lowest BCUT2D eigenvalue weighted by molar-refractivity contribution is 0.459. The monoisotopic (exact) mass is 317 g/mol. The Hall–Kier alpha value is -2.31. The average molecular weight is 317 g/mol. The second kappa shape index (κ2) is 6.06. The minimum Gasteiger partial charge on any atom is -0.353 e. The van der Waals surface area contributed by atoms with Crippen LogP contribution in [0, 0.1) is 0 Å². The van der Waals surface area contributed by atoms with E-state index in [0.29, 0.717) is 29.7 Å². The SMILES string of the molecule is C=CCn1c(NC2CCCCC2)nc2c1c(=O)n(C)c(=O)n2C. The molecule has 7 heteroatoms. The molecule has 1 aliphatic rings. The normalized spacial score (nSPS) is 15.9. The molecule has 1 aliphatic carbocycles. The molecule has 0 bridgehead atoms. The molecule has 3 rings (SSSR count). The van der Waals surface area contributed by atoms with Gasteiger partial charge in [0.25, 0.3) is 5.56 Å². The van der Waals surface area contributed by atoms with Gasteiger partial charge in [0.15, 0.2) is 11.2 Å².